The third-order valence-corrected chi connectivity index (χ3v) is 11.9. The summed E-state index contributed by atoms with van der Waals surface area (Å²) in [5.41, 5.74) is 18.8. The summed E-state index contributed by atoms with van der Waals surface area (Å²) in [4.78, 5) is 14.9. The standard InChI is InChI=1S/C57H35N3O/c1-3-15-36(16-4-1)55-58-56(37-17-5-2-6-18-37)60-57(59-55)41-20-13-19-40(33-41)42-27-14-28-53-54(42)51-35-39(30-32-52(51)61-53)38-29-31-49-47-25-10-9-23-45(47)43-21-7-8-22-44(43)46-24-11-12-26-48(46)50(49)34-38/h1-35H. The molecule has 12 rings (SSSR count). The van der Waals surface area contributed by atoms with Crippen LogP contribution in [0.4, 0.5) is 0 Å². The summed E-state index contributed by atoms with van der Waals surface area (Å²) < 4.78 is 6.56. The normalized spacial score (nSPS) is 11.6. The van der Waals surface area contributed by atoms with Crippen LogP contribution in [0.2, 0.25) is 0 Å². The highest BCUT2D eigenvalue weighted by Crippen LogP contribution is 2.49. The average molecular weight is 778 g/mol. The molecule has 9 aromatic carbocycles. The maximum atomic E-state index is 6.56. The van der Waals surface area contributed by atoms with Crippen molar-refractivity contribution in [1.29, 1.82) is 0 Å². The summed E-state index contributed by atoms with van der Waals surface area (Å²) in [7, 11) is 0. The lowest BCUT2D eigenvalue weighted by Gasteiger charge is -2.23. The Morgan fingerprint density at radius 3 is 1.26 bits per heavy atom. The average Bonchev–Trinajstić information content (AvgIpc) is 3.72. The van der Waals surface area contributed by atoms with Crippen LogP contribution in [0.15, 0.2) is 217 Å². The molecule has 0 aliphatic heterocycles. The van der Waals surface area contributed by atoms with Crippen molar-refractivity contribution in [3.63, 3.8) is 0 Å². The first-order valence-electron chi connectivity index (χ1n) is 20.6. The number of nitrogens with zero attached hydrogens (tertiary/aromatic N) is 3. The van der Waals surface area contributed by atoms with E-state index in [2.05, 4.69) is 152 Å². The second kappa shape index (κ2) is 14.3. The number of furan rings is 1. The number of hydrogen-bond acceptors (Lipinski definition) is 4. The largest absolute Gasteiger partial charge is 0.456 e. The maximum absolute atomic E-state index is 6.56. The van der Waals surface area contributed by atoms with Crippen molar-refractivity contribution < 1.29 is 4.42 Å². The molecule has 0 radical (unpaired) electrons. The van der Waals surface area contributed by atoms with Crippen molar-refractivity contribution in [2.75, 3.05) is 0 Å². The van der Waals surface area contributed by atoms with Crippen LogP contribution < -0.4 is 0 Å². The van der Waals surface area contributed by atoms with E-state index in [1.807, 2.05) is 60.7 Å². The Kier molecular flexibility index (Phi) is 8.13. The third-order valence-electron chi connectivity index (χ3n) is 11.9. The molecule has 0 unspecified atom stereocenters. The van der Waals surface area contributed by atoms with Crippen molar-refractivity contribution in [1.82, 2.24) is 15.0 Å². The molecule has 2 aromatic heterocycles. The first-order valence-corrected chi connectivity index (χ1v) is 20.6. The Hall–Kier alpha value is -8.21. The summed E-state index contributed by atoms with van der Waals surface area (Å²) in [6.07, 6.45) is 0. The minimum Gasteiger partial charge on any atom is -0.456 e. The molecular weight excluding hydrogens is 743 g/mol. The highest BCUT2D eigenvalue weighted by atomic mass is 16.3. The molecule has 4 nitrogen and oxygen atoms in total. The SMILES string of the molecule is c1ccc(-c2nc(-c3ccccc3)nc(-c3cccc(-c4cccc5oc6ccc(-c7ccc8c(c7)-c7ccccc7-c7ccccc7-c7ccccc7-8)cc6c45)c3)n2)cc1. The molecule has 11 aromatic rings. The minimum atomic E-state index is 0.618. The van der Waals surface area contributed by atoms with Crippen molar-refractivity contribution in [2.24, 2.45) is 0 Å². The van der Waals surface area contributed by atoms with Crippen molar-refractivity contribution in [3.8, 4) is 101 Å². The molecule has 0 saturated heterocycles. The molecule has 1 aliphatic rings. The van der Waals surface area contributed by atoms with Crippen LogP contribution in [-0.2, 0) is 0 Å². The minimum absolute atomic E-state index is 0.618. The van der Waals surface area contributed by atoms with Gasteiger partial charge in [-0.15, -0.1) is 0 Å². The van der Waals surface area contributed by atoms with Crippen LogP contribution in [-0.4, -0.2) is 15.0 Å². The van der Waals surface area contributed by atoms with E-state index in [1.165, 1.54) is 44.5 Å². The zero-order valence-corrected chi connectivity index (χ0v) is 33.0. The van der Waals surface area contributed by atoms with E-state index >= 15 is 0 Å². The predicted octanol–water partition coefficient (Wildman–Crippen LogP) is 15.1. The summed E-state index contributed by atoms with van der Waals surface area (Å²) in [6, 6.07) is 74.9. The maximum Gasteiger partial charge on any atom is 0.164 e. The molecule has 0 saturated carbocycles. The van der Waals surface area contributed by atoms with Gasteiger partial charge in [0.05, 0.1) is 0 Å². The molecule has 4 heteroatoms. The monoisotopic (exact) mass is 777 g/mol. The van der Waals surface area contributed by atoms with Crippen LogP contribution >= 0.6 is 0 Å². The Bertz CT molecular complexity index is 3410. The fourth-order valence-corrected chi connectivity index (χ4v) is 9.05. The molecule has 0 amide bonds. The van der Waals surface area contributed by atoms with Crippen LogP contribution in [0.3, 0.4) is 0 Å². The lowest BCUT2D eigenvalue weighted by atomic mass is 9.80. The second-order valence-electron chi connectivity index (χ2n) is 15.5. The predicted molar refractivity (Wildman–Crippen MR) is 250 cm³/mol. The van der Waals surface area contributed by atoms with E-state index < -0.39 is 0 Å². The van der Waals surface area contributed by atoms with Crippen molar-refractivity contribution >= 4 is 21.9 Å². The number of rotatable bonds is 5. The van der Waals surface area contributed by atoms with Crippen LogP contribution in [0.25, 0.3) is 123 Å². The number of hydrogen-bond donors (Lipinski definition) is 0. The van der Waals surface area contributed by atoms with Crippen LogP contribution in [0, 0.1) is 0 Å². The van der Waals surface area contributed by atoms with Gasteiger partial charge in [0.15, 0.2) is 17.5 Å². The number of fused-ring (bicyclic) bond motifs is 11. The Morgan fingerprint density at radius 1 is 0.246 bits per heavy atom. The Labute approximate surface area is 353 Å². The molecule has 2 heterocycles. The molecule has 61 heavy (non-hydrogen) atoms. The van der Waals surface area contributed by atoms with E-state index in [1.54, 1.807) is 0 Å². The highest BCUT2D eigenvalue weighted by molar-refractivity contribution is 6.13. The van der Waals surface area contributed by atoms with Crippen molar-refractivity contribution in [2.45, 2.75) is 0 Å². The topological polar surface area (TPSA) is 51.8 Å². The van der Waals surface area contributed by atoms with Gasteiger partial charge in [0.25, 0.3) is 0 Å². The summed E-state index contributed by atoms with van der Waals surface area (Å²) in [6.45, 7) is 0. The molecule has 0 fully saturated rings. The fraction of sp³-hybridized carbons (Fsp3) is 0. The highest BCUT2D eigenvalue weighted by Gasteiger charge is 2.23. The Balaban J connectivity index is 0.994. The third kappa shape index (κ3) is 5.96. The molecule has 0 atom stereocenters. The van der Waals surface area contributed by atoms with Gasteiger partial charge in [-0.3, -0.25) is 0 Å². The van der Waals surface area contributed by atoms with Gasteiger partial charge < -0.3 is 4.42 Å². The van der Waals surface area contributed by atoms with E-state index in [0.717, 1.165) is 60.9 Å². The van der Waals surface area contributed by atoms with E-state index in [4.69, 9.17) is 19.4 Å². The van der Waals surface area contributed by atoms with Crippen LogP contribution in [0.1, 0.15) is 0 Å². The smallest absolute Gasteiger partial charge is 0.164 e. The van der Waals surface area contributed by atoms with Gasteiger partial charge in [-0.2, -0.15) is 0 Å². The number of aromatic nitrogens is 3. The molecule has 0 N–H and O–H groups in total. The van der Waals surface area contributed by atoms with Crippen molar-refractivity contribution in [3.05, 3.63) is 212 Å². The molecular formula is C57H35N3O. The molecule has 284 valence electrons. The van der Waals surface area contributed by atoms with Gasteiger partial charge in [0, 0.05) is 27.5 Å². The van der Waals surface area contributed by atoms with Gasteiger partial charge in [-0.25, -0.2) is 15.0 Å². The van der Waals surface area contributed by atoms with Gasteiger partial charge in [-0.05, 0) is 97.1 Å². The molecule has 1 aliphatic carbocycles. The van der Waals surface area contributed by atoms with Crippen LogP contribution in [0.5, 0.6) is 0 Å². The zero-order chi connectivity index (χ0) is 40.3. The first-order chi connectivity index (χ1) is 30.2. The van der Waals surface area contributed by atoms with E-state index in [9.17, 15) is 0 Å². The first kappa shape index (κ1) is 34.8. The quantitative estimate of drug-likeness (QED) is 0.175. The molecule has 0 bridgehead atoms. The summed E-state index contributed by atoms with van der Waals surface area (Å²) in [5, 5.41) is 2.14. The van der Waals surface area contributed by atoms with E-state index in [-0.39, 0.29) is 0 Å². The Morgan fingerprint density at radius 2 is 0.672 bits per heavy atom. The number of benzene rings is 9. The zero-order valence-electron chi connectivity index (χ0n) is 33.0. The summed E-state index contributed by atoms with van der Waals surface area (Å²) in [5.74, 6) is 1.89. The lowest BCUT2D eigenvalue weighted by Crippen LogP contribution is -2.00. The fourth-order valence-electron chi connectivity index (χ4n) is 9.05. The van der Waals surface area contributed by atoms with Gasteiger partial charge in [0.2, 0.25) is 0 Å². The van der Waals surface area contributed by atoms with Gasteiger partial charge >= 0.3 is 0 Å². The van der Waals surface area contributed by atoms with E-state index in [0.29, 0.717) is 17.5 Å². The van der Waals surface area contributed by atoms with Gasteiger partial charge in [-0.1, -0.05) is 182 Å². The van der Waals surface area contributed by atoms with Gasteiger partial charge in [0.1, 0.15) is 11.2 Å². The lowest BCUT2D eigenvalue weighted by molar-refractivity contribution is 0.669. The molecule has 0 spiro atoms. The summed E-state index contributed by atoms with van der Waals surface area (Å²) >= 11 is 0. The second-order valence-corrected chi connectivity index (χ2v) is 15.5.